The van der Waals surface area contributed by atoms with E-state index in [1.807, 2.05) is 0 Å². The fourth-order valence-corrected chi connectivity index (χ4v) is 1.60. The maximum absolute atomic E-state index is 13.5. The second-order valence-corrected chi connectivity index (χ2v) is 3.66. The number of hydrogen-bond donors (Lipinski definition) is 2. The molecule has 2 aromatic carbocycles. The molecular formula is C13H8F2O3. The number of carbonyl (C=O) groups is 1. The molecule has 0 bridgehead atoms. The minimum atomic E-state index is -1.29. The predicted octanol–water partition coefficient (Wildman–Crippen LogP) is 3.04. The minimum absolute atomic E-state index is 0.0396. The fraction of sp³-hybridized carbons (Fsp3) is 0. The molecule has 0 atom stereocenters. The van der Waals surface area contributed by atoms with Crippen LogP contribution in [0, 0.1) is 11.6 Å². The average molecular weight is 250 g/mol. The highest BCUT2D eigenvalue weighted by atomic mass is 19.1. The molecule has 0 saturated heterocycles. The van der Waals surface area contributed by atoms with Crippen molar-refractivity contribution in [2.45, 2.75) is 0 Å². The summed E-state index contributed by atoms with van der Waals surface area (Å²) in [7, 11) is 0. The molecule has 18 heavy (non-hydrogen) atoms. The molecule has 0 aliphatic rings. The van der Waals surface area contributed by atoms with E-state index in [2.05, 4.69) is 0 Å². The molecule has 0 fully saturated rings. The molecule has 0 aliphatic carbocycles. The van der Waals surface area contributed by atoms with Crippen LogP contribution in [-0.4, -0.2) is 16.2 Å². The first kappa shape index (κ1) is 12.0. The highest BCUT2D eigenvalue weighted by molar-refractivity contribution is 5.91. The van der Waals surface area contributed by atoms with Crippen LogP contribution in [0.3, 0.4) is 0 Å². The van der Waals surface area contributed by atoms with Gasteiger partial charge >= 0.3 is 5.97 Å². The Morgan fingerprint density at radius 2 is 1.78 bits per heavy atom. The van der Waals surface area contributed by atoms with E-state index >= 15 is 0 Å². The maximum atomic E-state index is 13.5. The zero-order valence-corrected chi connectivity index (χ0v) is 9.02. The Labute approximate surface area is 101 Å². The third-order valence-corrected chi connectivity index (χ3v) is 2.47. The van der Waals surface area contributed by atoms with Crippen LogP contribution in [0.1, 0.15) is 10.4 Å². The third kappa shape index (κ3) is 2.15. The Bertz CT molecular complexity index is 624. The monoisotopic (exact) mass is 250 g/mol. The second kappa shape index (κ2) is 4.44. The van der Waals surface area contributed by atoms with Gasteiger partial charge in [-0.05, 0) is 35.9 Å². The van der Waals surface area contributed by atoms with Gasteiger partial charge in [0, 0.05) is 5.56 Å². The highest BCUT2D eigenvalue weighted by Crippen LogP contribution is 2.28. The van der Waals surface area contributed by atoms with Crippen LogP contribution < -0.4 is 0 Å². The van der Waals surface area contributed by atoms with Crippen molar-refractivity contribution in [1.29, 1.82) is 0 Å². The number of carboxylic acid groups (broad SMARTS) is 1. The van der Waals surface area contributed by atoms with Gasteiger partial charge in [-0.25, -0.2) is 13.6 Å². The largest absolute Gasteiger partial charge is 0.507 e. The van der Waals surface area contributed by atoms with Gasteiger partial charge in [0.05, 0.1) is 0 Å². The van der Waals surface area contributed by atoms with E-state index in [1.54, 1.807) is 0 Å². The molecule has 0 aliphatic heterocycles. The van der Waals surface area contributed by atoms with Crippen molar-refractivity contribution in [2.24, 2.45) is 0 Å². The van der Waals surface area contributed by atoms with Crippen LogP contribution in [-0.2, 0) is 0 Å². The zero-order valence-electron chi connectivity index (χ0n) is 9.02. The lowest BCUT2D eigenvalue weighted by Crippen LogP contribution is -1.97. The Kier molecular flexibility index (Phi) is 2.97. The maximum Gasteiger partial charge on any atom is 0.339 e. The van der Waals surface area contributed by atoms with Crippen LogP contribution in [0.25, 0.3) is 11.1 Å². The van der Waals surface area contributed by atoms with E-state index in [0.29, 0.717) is 0 Å². The lowest BCUT2D eigenvalue weighted by Gasteiger charge is -2.06. The molecule has 92 valence electrons. The zero-order chi connectivity index (χ0) is 13.3. The summed E-state index contributed by atoms with van der Waals surface area (Å²) in [5.74, 6) is -3.06. The summed E-state index contributed by atoms with van der Waals surface area (Å²) in [5, 5.41) is 18.2. The third-order valence-electron chi connectivity index (χ3n) is 2.47. The summed E-state index contributed by atoms with van der Waals surface area (Å²) in [6, 6.07) is 6.45. The molecular weight excluding hydrogens is 242 g/mol. The van der Waals surface area contributed by atoms with Crippen molar-refractivity contribution in [3.05, 3.63) is 53.6 Å². The van der Waals surface area contributed by atoms with Crippen molar-refractivity contribution in [3.8, 4) is 16.9 Å². The Morgan fingerprint density at radius 3 is 2.39 bits per heavy atom. The predicted molar refractivity (Wildman–Crippen MR) is 60.4 cm³/mol. The first-order valence-electron chi connectivity index (χ1n) is 5.01. The quantitative estimate of drug-likeness (QED) is 0.861. The number of phenols is 1. The van der Waals surface area contributed by atoms with E-state index < -0.39 is 23.4 Å². The van der Waals surface area contributed by atoms with Gasteiger partial charge in [0.15, 0.2) is 0 Å². The first-order chi connectivity index (χ1) is 8.49. The van der Waals surface area contributed by atoms with Gasteiger partial charge in [0.2, 0.25) is 0 Å². The molecule has 0 saturated carbocycles. The van der Waals surface area contributed by atoms with Gasteiger partial charge in [-0.3, -0.25) is 0 Å². The van der Waals surface area contributed by atoms with Crippen LogP contribution in [0.2, 0.25) is 0 Å². The first-order valence-corrected chi connectivity index (χ1v) is 5.01. The second-order valence-electron chi connectivity index (χ2n) is 3.66. The summed E-state index contributed by atoms with van der Waals surface area (Å²) in [5.41, 5.74) is -0.132. The molecule has 0 heterocycles. The lowest BCUT2D eigenvalue weighted by atomic mass is 10.0. The lowest BCUT2D eigenvalue weighted by molar-refractivity contribution is 0.0694. The number of hydrogen-bond acceptors (Lipinski definition) is 2. The van der Waals surface area contributed by atoms with Gasteiger partial charge in [-0.1, -0.05) is 6.07 Å². The molecule has 2 N–H and O–H groups in total. The van der Waals surface area contributed by atoms with E-state index in [0.717, 1.165) is 30.3 Å². The smallest absolute Gasteiger partial charge is 0.339 e. The molecule has 0 spiro atoms. The standard InChI is InChI=1S/C13H8F2O3/c14-8-2-4-11(15)10(6-8)7-1-3-9(13(17)18)12(16)5-7/h1-6,16H,(H,17,18). The van der Waals surface area contributed by atoms with Gasteiger partial charge in [-0.15, -0.1) is 0 Å². The van der Waals surface area contributed by atoms with Crippen molar-refractivity contribution in [1.82, 2.24) is 0 Å². The molecule has 3 nitrogen and oxygen atoms in total. The topological polar surface area (TPSA) is 57.5 Å². The highest BCUT2D eigenvalue weighted by Gasteiger charge is 2.12. The van der Waals surface area contributed by atoms with E-state index in [-0.39, 0.29) is 16.7 Å². The Balaban J connectivity index is 2.55. The number of aromatic hydroxyl groups is 1. The van der Waals surface area contributed by atoms with Gasteiger partial charge in [0.1, 0.15) is 22.9 Å². The molecule has 2 aromatic rings. The molecule has 0 amide bonds. The van der Waals surface area contributed by atoms with E-state index in [9.17, 15) is 18.7 Å². The average Bonchev–Trinajstić information content (AvgIpc) is 2.31. The molecule has 5 heteroatoms. The van der Waals surface area contributed by atoms with Gasteiger partial charge in [0.25, 0.3) is 0 Å². The van der Waals surface area contributed by atoms with Crippen molar-refractivity contribution < 1.29 is 23.8 Å². The van der Waals surface area contributed by atoms with Crippen LogP contribution in [0.4, 0.5) is 8.78 Å². The SMILES string of the molecule is O=C(O)c1ccc(-c2cc(F)ccc2F)cc1O. The number of benzene rings is 2. The normalized spacial score (nSPS) is 10.3. The Morgan fingerprint density at radius 1 is 1.06 bits per heavy atom. The van der Waals surface area contributed by atoms with Crippen LogP contribution in [0.15, 0.2) is 36.4 Å². The number of halogens is 2. The summed E-state index contributed by atoms with van der Waals surface area (Å²) < 4.78 is 26.5. The fourth-order valence-electron chi connectivity index (χ4n) is 1.60. The van der Waals surface area contributed by atoms with Crippen LogP contribution in [0.5, 0.6) is 5.75 Å². The number of aromatic carboxylic acids is 1. The van der Waals surface area contributed by atoms with Crippen LogP contribution >= 0.6 is 0 Å². The van der Waals surface area contributed by atoms with Crippen molar-refractivity contribution in [3.63, 3.8) is 0 Å². The molecule has 0 radical (unpaired) electrons. The summed E-state index contributed by atoms with van der Waals surface area (Å²) in [4.78, 5) is 10.7. The summed E-state index contributed by atoms with van der Waals surface area (Å²) in [6.45, 7) is 0. The summed E-state index contributed by atoms with van der Waals surface area (Å²) in [6.07, 6.45) is 0. The van der Waals surface area contributed by atoms with E-state index in [4.69, 9.17) is 5.11 Å². The van der Waals surface area contributed by atoms with Crippen molar-refractivity contribution >= 4 is 5.97 Å². The summed E-state index contributed by atoms with van der Waals surface area (Å²) >= 11 is 0. The van der Waals surface area contributed by atoms with Gasteiger partial charge in [-0.2, -0.15) is 0 Å². The van der Waals surface area contributed by atoms with Crippen molar-refractivity contribution in [2.75, 3.05) is 0 Å². The molecule has 0 aromatic heterocycles. The van der Waals surface area contributed by atoms with E-state index in [1.165, 1.54) is 6.07 Å². The number of rotatable bonds is 2. The Hall–Kier alpha value is -2.43. The molecule has 0 unspecified atom stereocenters. The molecule has 2 rings (SSSR count). The van der Waals surface area contributed by atoms with Gasteiger partial charge < -0.3 is 10.2 Å². The number of carboxylic acids is 1. The minimum Gasteiger partial charge on any atom is -0.507 e.